The molecule has 1 N–H and O–H groups in total. The number of carboxylic acids is 1. The summed E-state index contributed by atoms with van der Waals surface area (Å²) in [6.07, 6.45) is -2.39. The van der Waals surface area contributed by atoms with Crippen molar-refractivity contribution in [1.29, 1.82) is 0 Å². The molecule has 0 radical (unpaired) electrons. The fourth-order valence-electron chi connectivity index (χ4n) is 3.10. The number of halogens is 1. The van der Waals surface area contributed by atoms with E-state index in [1.165, 1.54) is 0 Å². The van der Waals surface area contributed by atoms with Crippen molar-refractivity contribution in [1.82, 2.24) is 0 Å². The molecule has 0 saturated heterocycles. The van der Waals surface area contributed by atoms with E-state index in [4.69, 9.17) is 5.11 Å². The lowest BCUT2D eigenvalue weighted by atomic mass is 9.83. The number of rotatable bonds is 6. The molecule has 26 heavy (non-hydrogen) atoms. The molecule has 130 valence electrons. The molecule has 1 unspecified atom stereocenters. The number of aliphatic carboxylic acids is 1. The Morgan fingerprint density at radius 1 is 0.962 bits per heavy atom. The second-order valence-corrected chi connectivity index (χ2v) is 6.08. The minimum Gasteiger partial charge on any atom is -0.479 e. The molecule has 3 aromatic carbocycles. The highest BCUT2D eigenvalue weighted by molar-refractivity contribution is 5.95. The maximum atomic E-state index is 14.0. The van der Waals surface area contributed by atoms with E-state index in [0.29, 0.717) is 11.1 Å². The Bertz CT molecular complexity index is 975. The predicted octanol–water partition coefficient (Wildman–Crippen LogP) is 4.65. The zero-order valence-corrected chi connectivity index (χ0v) is 13.9. The summed E-state index contributed by atoms with van der Waals surface area (Å²) in [5.74, 6) is -0.293. The van der Waals surface area contributed by atoms with Crippen molar-refractivity contribution in [2.24, 2.45) is 0 Å². The molecule has 4 heteroatoms. The third-order valence-corrected chi connectivity index (χ3v) is 4.43. The lowest BCUT2D eigenvalue weighted by Crippen LogP contribution is -2.19. The summed E-state index contributed by atoms with van der Waals surface area (Å²) in [5, 5.41) is 10.9. The molecular weight excluding hydrogens is 331 g/mol. The molecule has 0 aliphatic carbocycles. The van der Waals surface area contributed by atoms with Crippen molar-refractivity contribution in [3.8, 4) is 0 Å². The van der Waals surface area contributed by atoms with Gasteiger partial charge in [-0.1, -0.05) is 66.7 Å². The van der Waals surface area contributed by atoms with Gasteiger partial charge in [-0.25, -0.2) is 14.0 Å². The molecule has 0 aliphatic heterocycles. The van der Waals surface area contributed by atoms with Gasteiger partial charge < -0.3 is 5.11 Å². The molecular formula is C22H17FO3. The summed E-state index contributed by atoms with van der Waals surface area (Å²) in [7, 11) is 0. The number of alkyl halides is 1. The van der Waals surface area contributed by atoms with Crippen molar-refractivity contribution in [3.63, 3.8) is 0 Å². The number of benzene rings is 3. The van der Waals surface area contributed by atoms with Gasteiger partial charge in [-0.15, -0.1) is 0 Å². The number of fused-ring (bicyclic) bond motifs is 1. The first-order valence-electron chi connectivity index (χ1n) is 8.26. The molecule has 0 saturated carbocycles. The van der Waals surface area contributed by atoms with Crippen LogP contribution in [-0.4, -0.2) is 23.2 Å². The van der Waals surface area contributed by atoms with E-state index in [1.807, 2.05) is 48.4 Å². The molecule has 0 aliphatic rings. The summed E-state index contributed by atoms with van der Waals surface area (Å²) in [6.45, 7) is 0. The number of carbonyl (C=O) groups is 1. The SMILES string of the molecule is O=C=C(c1ccc2ccccc2c1)C(C[C@H](F)C(=O)O)c1ccccc1. The predicted molar refractivity (Wildman–Crippen MR) is 99.4 cm³/mol. The van der Waals surface area contributed by atoms with Crippen LogP contribution in [0.15, 0.2) is 72.8 Å². The lowest BCUT2D eigenvalue weighted by Gasteiger charge is -2.20. The minimum atomic E-state index is -2.07. The van der Waals surface area contributed by atoms with Crippen LogP contribution in [0.3, 0.4) is 0 Å². The smallest absolute Gasteiger partial charge is 0.338 e. The van der Waals surface area contributed by atoms with E-state index in [9.17, 15) is 14.0 Å². The van der Waals surface area contributed by atoms with Crippen LogP contribution in [0.1, 0.15) is 23.5 Å². The third kappa shape index (κ3) is 3.71. The number of carbonyl (C=O) groups excluding carboxylic acids is 1. The summed E-state index contributed by atoms with van der Waals surface area (Å²) in [6, 6.07) is 22.1. The quantitative estimate of drug-likeness (QED) is 0.660. The fourth-order valence-corrected chi connectivity index (χ4v) is 3.10. The number of carboxylic acid groups (broad SMARTS) is 1. The Labute approximate surface area is 150 Å². The highest BCUT2D eigenvalue weighted by Crippen LogP contribution is 2.35. The van der Waals surface area contributed by atoms with Crippen LogP contribution in [0.5, 0.6) is 0 Å². The van der Waals surface area contributed by atoms with Gasteiger partial charge in [0.25, 0.3) is 0 Å². The van der Waals surface area contributed by atoms with E-state index in [1.54, 1.807) is 30.3 Å². The monoisotopic (exact) mass is 348 g/mol. The van der Waals surface area contributed by atoms with E-state index in [2.05, 4.69) is 0 Å². The summed E-state index contributed by atoms with van der Waals surface area (Å²) in [5.41, 5.74) is 1.55. The van der Waals surface area contributed by atoms with Crippen LogP contribution in [-0.2, 0) is 9.59 Å². The van der Waals surface area contributed by atoms with Crippen LogP contribution < -0.4 is 0 Å². The second-order valence-electron chi connectivity index (χ2n) is 6.08. The van der Waals surface area contributed by atoms with Gasteiger partial charge in [-0.2, -0.15) is 0 Å². The van der Waals surface area contributed by atoms with Crippen molar-refractivity contribution in [2.75, 3.05) is 0 Å². The standard InChI is InChI=1S/C22H17FO3/c23-21(22(25)26)13-19(16-7-2-1-3-8-16)20(14-24)18-11-10-15-6-4-5-9-17(15)12-18/h1-12,19,21H,13H2,(H,25,26)/t19?,21-/m0/s1. The van der Waals surface area contributed by atoms with Gasteiger partial charge in [0.2, 0.25) is 0 Å². The van der Waals surface area contributed by atoms with E-state index in [0.717, 1.165) is 10.8 Å². The van der Waals surface area contributed by atoms with Gasteiger partial charge >= 0.3 is 5.97 Å². The van der Waals surface area contributed by atoms with E-state index in [-0.39, 0.29) is 12.0 Å². The average molecular weight is 348 g/mol. The highest BCUT2D eigenvalue weighted by atomic mass is 19.1. The largest absolute Gasteiger partial charge is 0.479 e. The maximum Gasteiger partial charge on any atom is 0.338 e. The van der Waals surface area contributed by atoms with E-state index >= 15 is 0 Å². The molecule has 0 bridgehead atoms. The molecule has 3 nitrogen and oxygen atoms in total. The van der Waals surface area contributed by atoms with Gasteiger partial charge in [0, 0.05) is 12.3 Å². The van der Waals surface area contributed by atoms with Crippen LogP contribution in [0.2, 0.25) is 0 Å². The number of allylic oxidation sites excluding steroid dienone is 1. The number of hydrogen-bond acceptors (Lipinski definition) is 2. The van der Waals surface area contributed by atoms with Crippen molar-refractivity contribution < 1.29 is 19.1 Å². The number of hydrogen-bond donors (Lipinski definition) is 1. The van der Waals surface area contributed by atoms with Crippen LogP contribution in [0.4, 0.5) is 4.39 Å². The average Bonchev–Trinajstić information content (AvgIpc) is 2.68. The van der Waals surface area contributed by atoms with E-state index < -0.39 is 18.1 Å². The Hall–Kier alpha value is -3.23. The molecule has 2 atom stereocenters. The summed E-state index contributed by atoms with van der Waals surface area (Å²) < 4.78 is 14.0. The highest BCUT2D eigenvalue weighted by Gasteiger charge is 2.27. The molecule has 3 rings (SSSR count). The van der Waals surface area contributed by atoms with Crippen LogP contribution in [0, 0.1) is 0 Å². The first-order valence-corrected chi connectivity index (χ1v) is 8.26. The summed E-state index contributed by atoms with van der Waals surface area (Å²) >= 11 is 0. The second kappa shape index (κ2) is 7.77. The van der Waals surface area contributed by atoms with Gasteiger partial charge in [0.1, 0.15) is 5.94 Å². The van der Waals surface area contributed by atoms with Crippen molar-refractivity contribution in [2.45, 2.75) is 18.5 Å². The zero-order chi connectivity index (χ0) is 18.5. The zero-order valence-electron chi connectivity index (χ0n) is 13.9. The maximum absolute atomic E-state index is 14.0. The molecule has 0 aromatic heterocycles. The van der Waals surface area contributed by atoms with Gasteiger partial charge in [-0.3, -0.25) is 0 Å². The van der Waals surface area contributed by atoms with Gasteiger partial charge in [0.15, 0.2) is 6.17 Å². The topological polar surface area (TPSA) is 54.4 Å². The minimum absolute atomic E-state index is 0.255. The molecule has 0 fully saturated rings. The van der Waals surface area contributed by atoms with Crippen LogP contribution >= 0.6 is 0 Å². The first kappa shape index (κ1) is 17.6. The first-order chi connectivity index (χ1) is 12.6. The Morgan fingerprint density at radius 3 is 2.27 bits per heavy atom. The third-order valence-electron chi connectivity index (χ3n) is 4.43. The van der Waals surface area contributed by atoms with Gasteiger partial charge in [-0.05, 0) is 28.0 Å². The molecule has 0 heterocycles. The lowest BCUT2D eigenvalue weighted by molar-refractivity contribution is -0.143. The molecule has 0 amide bonds. The Kier molecular flexibility index (Phi) is 5.26. The molecule has 0 spiro atoms. The molecule has 3 aromatic rings. The summed E-state index contributed by atoms with van der Waals surface area (Å²) in [4.78, 5) is 22.8. The fraction of sp³-hybridized carbons (Fsp3) is 0.136. The van der Waals surface area contributed by atoms with Crippen LogP contribution in [0.25, 0.3) is 16.3 Å². The van der Waals surface area contributed by atoms with Crippen molar-refractivity contribution >= 4 is 28.3 Å². The Balaban J connectivity index is 2.07. The van der Waals surface area contributed by atoms with Crippen molar-refractivity contribution in [3.05, 3.63) is 83.9 Å². The Morgan fingerprint density at radius 2 is 1.62 bits per heavy atom. The normalized spacial score (nSPS) is 13.0. The van der Waals surface area contributed by atoms with Gasteiger partial charge in [0.05, 0.1) is 5.57 Å².